The Morgan fingerprint density at radius 3 is 2.71 bits per heavy atom. The van der Waals surface area contributed by atoms with Gasteiger partial charge in [-0.15, -0.1) is 11.3 Å². The molecule has 0 saturated carbocycles. The highest BCUT2D eigenvalue weighted by Crippen LogP contribution is 2.38. The summed E-state index contributed by atoms with van der Waals surface area (Å²) >= 11 is 1.51. The topological polar surface area (TPSA) is 65.4 Å². The number of nitrogens with zero attached hydrogens (tertiary/aromatic N) is 2. The van der Waals surface area contributed by atoms with Crippen LogP contribution in [0.15, 0.2) is 66.7 Å². The first-order valence-corrected chi connectivity index (χ1v) is 12.3. The van der Waals surface area contributed by atoms with Crippen molar-refractivity contribution in [3.8, 4) is 11.8 Å². The van der Waals surface area contributed by atoms with Gasteiger partial charge in [0, 0.05) is 24.5 Å². The molecule has 0 spiro atoms. The number of ether oxygens (including phenoxy) is 1. The number of nitrogens with one attached hydrogen (secondary N) is 1. The van der Waals surface area contributed by atoms with Gasteiger partial charge >= 0.3 is 0 Å². The van der Waals surface area contributed by atoms with Crippen LogP contribution in [0.1, 0.15) is 38.8 Å². The fraction of sp³-hybridized carbons (Fsp3) is 0.214. The molecule has 0 radical (unpaired) electrons. The SMILES string of the molecule is CCOc1ccc2ccccc2c1C(=O)Nc1sc2c(c1C#N)CCN(Cc1ccccc1)C2. The molecular weight excluding hydrogens is 442 g/mol. The maximum atomic E-state index is 13.5. The zero-order valence-corrected chi connectivity index (χ0v) is 19.8. The molecule has 170 valence electrons. The molecule has 0 bridgehead atoms. The summed E-state index contributed by atoms with van der Waals surface area (Å²) in [4.78, 5) is 17.0. The second-order valence-electron chi connectivity index (χ2n) is 8.31. The molecule has 0 aliphatic carbocycles. The van der Waals surface area contributed by atoms with Gasteiger partial charge in [0.25, 0.3) is 5.91 Å². The molecule has 0 fully saturated rings. The van der Waals surface area contributed by atoms with E-state index in [1.165, 1.54) is 16.9 Å². The molecule has 0 saturated heterocycles. The van der Waals surface area contributed by atoms with Crippen molar-refractivity contribution in [3.05, 3.63) is 93.9 Å². The van der Waals surface area contributed by atoms with Crippen molar-refractivity contribution >= 4 is 33.0 Å². The summed E-state index contributed by atoms with van der Waals surface area (Å²) in [7, 11) is 0. The fourth-order valence-corrected chi connectivity index (χ4v) is 5.80. The van der Waals surface area contributed by atoms with Crippen LogP contribution in [0.25, 0.3) is 10.8 Å². The molecule has 1 amide bonds. The van der Waals surface area contributed by atoms with Crippen molar-refractivity contribution in [3.63, 3.8) is 0 Å². The van der Waals surface area contributed by atoms with Gasteiger partial charge in [-0.25, -0.2) is 0 Å². The Balaban J connectivity index is 1.44. The van der Waals surface area contributed by atoms with E-state index in [2.05, 4.69) is 40.6 Å². The Hall–Kier alpha value is -3.66. The van der Waals surface area contributed by atoms with Gasteiger partial charge in [-0.3, -0.25) is 9.69 Å². The first-order valence-electron chi connectivity index (χ1n) is 11.4. The van der Waals surface area contributed by atoms with E-state index in [1.54, 1.807) is 0 Å². The zero-order valence-electron chi connectivity index (χ0n) is 19.0. The highest BCUT2D eigenvalue weighted by Gasteiger charge is 2.26. The lowest BCUT2D eigenvalue weighted by Crippen LogP contribution is -2.29. The van der Waals surface area contributed by atoms with E-state index in [4.69, 9.17) is 4.74 Å². The van der Waals surface area contributed by atoms with Crippen LogP contribution in [0.5, 0.6) is 5.75 Å². The van der Waals surface area contributed by atoms with Crippen LogP contribution in [-0.2, 0) is 19.5 Å². The van der Waals surface area contributed by atoms with Gasteiger partial charge < -0.3 is 10.1 Å². The summed E-state index contributed by atoms with van der Waals surface area (Å²) in [6, 6.07) is 24.3. The Morgan fingerprint density at radius 1 is 1.12 bits per heavy atom. The van der Waals surface area contributed by atoms with Crippen molar-refractivity contribution in [1.29, 1.82) is 5.26 Å². The van der Waals surface area contributed by atoms with E-state index >= 15 is 0 Å². The second-order valence-corrected chi connectivity index (χ2v) is 9.42. The third-order valence-electron chi connectivity index (χ3n) is 6.14. The van der Waals surface area contributed by atoms with Gasteiger partial charge in [0.15, 0.2) is 0 Å². The third-order valence-corrected chi connectivity index (χ3v) is 7.27. The minimum atomic E-state index is -0.253. The van der Waals surface area contributed by atoms with E-state index in [0.29, 0.717) is 28.5 Å². The largest absolute Gasteiger partial charge is 0.493 e. The number of hydrogen-bond donors (Lipinski definition) is 1. The number of amides is 1. The van der Waals surface area contributed by atoms with Crippen molar-refractivity contribution in [2.45, 2.75) is 26.4 Å². The lowest BCUT2D eigenvalue weighted by atomic mass is 10.0. The first-order chi connectivity index (χ1) is 16.7. The molecule has 0 atom stereocenters. The Labute approximate surface area is 203 Å². The number of benzene rings is 3. The standard InChI is InChI=1S/C28H25N3O2S/c1-2-33-24-13-12-20-10-6-7-11-21(20)26(24)27(32)30-28-23(16-29)22-14-15-31(18-25(22)34-28)17-19-8-4-3-5-9-19/h3-13H,2,14-15,17-18H2,1H3,(H,30,32). The molecule has 3 aromatic carbocycles. The number of anilines is 1. The van der Waals surface area contributed by atoms with Gasteiger partial charge in [0.05, 0.1) is 17.7 Å². The third kappa shape index (κ3) is 4.28. The molecule has 1 N–H and O–H groups in total. The summed E-state index contributed by atoms with van der Waals surface area (Å²) in [5.41, 5.74) is 3.43. The summed E-state index contributed by atoms with van der Waals surface area (Å²) in [5, 5.41) is 15.4. The van der Waals surface area contributed by atoms with Crippen molar-refractivity contribution < 1.29 is 9.53 Å². The van der Waals surface area contributed by atoms with Crippen LogP contribution in [0.2, 0.25) is 0 Å². The van der Waals surface area contributed by atoms with Crippen LogP contribution in [0.3, 0.4) is 0 Å². The smallest absolute Gasteiger partial charge is 0.260 e. The lowest BCUT2D eigenvalue weighted by molar-refractivity contribution is 0.102. The zero-order chi connectivity index (χ0) is 23.5. The van der Waals surface area contributed by atoms with Crippen LogP contribution in [-0.4, -0.2) is 24.0 Å². The number of nitriles is 1. The maximum absolute atomic E-state index is 13.5. The number of carbonyl (C=O) groups is 1. The quantitative estimate of drug-likeness (QED) is 0.379. The lowest BCUT2D eigenvalue weighted by Gasteiger charge is -2.26. The van der Waals surface area contributed by atoms with E-state index < -0.39 is 0 Å². The molecule has 5 rings (SSSR count). The Morgan fingerprint density at radius 2 is 1.91 bits per heavy atom. The average molecular weight is 468 g/mol. The minimum Gasteiger partial charge on any atom is -0.493 e. The molecule has 4 aromatic rings. The molecule has 1 aliphatic rings. The summed E-state index contributed by atoms with van der Waals surface area (Å²) in [6.45, 7) is 4.90. The monoisotopic (exact) mass is 467 g/mol. The number of hydrogen-bond acceptors (Lipinski definition) is 5. The van der Waals surface area contributed by atoms with E-state index in [0.717, 1.165) is 47.3 Å². The summed E-state index contributed by atoms with van der Waals surface area (Å²) in [6.07, 6.45) is 0.801. The summed E-state index contributed by atoms with van der Waals surface area (Å²) in [5.74, 6) is 0.295. The molecule has 34 heavy (non-hydrogen) atoms. The molecule has 1 aromatic heterocycles. The molecule has 2 heterocycles. The number of rotatable bonds is 6. The normalized spacial score (nSPS) is 13.3. The van der Waals surface area contributed by atoms with Crippen LogP contribution in [0.4, 0.5) is 5.00 Å². The number of fused-ring (bicyclic) bond motifs is 2. The maximum Gasteiger partial charge on any atom is 0.260 e. The van der Waals surface area contributed by atoms with E-state index in [1.807, 2.05) is 49.4 Å². The van der Waals surface area contributed by atoms with E-state index in [9.17, 15) is 10.1 Å². The molecule has 1 aliphatic heterocycles. The van der Waals surface area contributed by atoms with Gasteiger partial charge in [-0.05, 0) is 41.3 Å². The Bertz CT molecular complexity index is 1390. The van der Waals surface area contributed by atoms with Gasteiger partial charge in [0.2, 0.25) is 0 Å². The Kier molecular flexibility index (Phi) is 6.31. The van der Waals surface area contributed by atoms with Crippen LogP contribution in [0, 0.1) is 11.3 Å². The second kappa shape index (κ2) is 9.68. The van der Waals surface area contributed by atoms with Gasteiger partial charge in [-0.2, -0.15) is 5.26 Å². The van der Waals surface area contributed by atoms with Gasteiger partial charge in [-0.1, -0.05) is 60.7 Å². The van der Waals surface area contributed by atoms with Crippen LogP contribution >= 0.6 is 11.3 Å². The van der Waals surface area contributed by atoms with Crippen molar-refractivity contribution in [2.75, 3.05) is 18.5 Å². The highest BCUT2D eigenvalue weighted by atomic mass is 32.1. The highest BCUT2D eigenvalue weighted by molar-refractivity contribution is 7.16. The summed E-state index contributed by atoms with van der Waals surface area (Å²) < 4.78 is 5.78. The predicted molar refractivity (Wildman–Crippen MR) is 136 cm³/mol. The van der Waals surface area contributed by atoms with E-state index in [-0.39, 0.29) is 5.91 Å². The molecule has 5 nitrogen and oxygen atoms in total. The van der Waals surface area contributed by atoms with Gasteiger partial charge in [0.1, 0.15) is 16.8 Å². The number of thiophene rings is 1. The first kappa shape index (κ1) is 22.1. The van der Waals surface area contributed by atoms with Crippen molar-refractivity contribution in [2.24, 2.45) is 0 Å². The minimum absolute atomic E-state index is 0.253. The molecule has 6 heteroatoms. The number of carbonyl (C=O) groups excluding carboxylic acids is 1. The van der Waals surface area contributed by atoms with Crippen LogP contribution < -0.4 is 10.1 Å². The predicted octanol–water partition coefficient (Wildman–Crippen LogP) is 5.98. The van der Waals surface area contributed by atoms with Crippen molar-refractivity contribution in [1.82, 2.24) is 4.90 Å². The molecular formula is C28H25N3O2S. The molecule has 0 unspecified atom stereocenters. The average Bonchev–Trinajstić information content (AvgIpc) is 3.20. The fourth-order valence-electron chi connectivity index (χ4n) is 4.57.